The molecule has 3 N–H and O–H groups in total. The zero-order chi connectivity index (χ0) is 22.8. The van der Waals surface area contributed by atoms with Crippen LogP contribution in [0.1, 0.15) is 18.5 Å². The third-order valence-electron chi connectivity index (χ3n) is 5.42. The molecule has 0 bridgehead atoms. The molecule has 12 heteroatoms. The van der Waals surface area contributed by atoms with Crippen LogP contribution >= 0.6 is 11.6 Å². The fourth-order valence-electron chi connectivity index (χ4n) is 3.74. The molecular weight excluding hydrogens is 444 g/mol. The Balaban J connectivity index is 1.23. The van der Waals surface area contributed by atoms with Gasteiger partial charge in [0.1, 0.15) is 11.1 Å². The van der Waals surface area contributed by atoms with Crippen molar-refractivity contribution in [1.82, 2.24) is 30.1 Å². The van der Waals surface area contributed by atoms with Gasteiger partial charge in [0.05, 0.1) is 17.9 Å². The van der Waals surface area contributed by atoms with Crippen LogP contribution in [0.15, 0.2) is 42.7 Å². The maximum Gasteiger partial charge on any atom is 0.229 e. The van der Waals surface area contributed by atoms with Gasteiger partial charge < -0.3 is 20.7 Å². The van der Waals surface area contributed by atoms with Gasteiger partial charge >= 0.3 is 0 Å². The van der Waals surface area contributed by atoms with E-state index >= 15 is 0 Å². The van der Waals surface area contributed by atoms with E-state index in [0.29, 0.717) is 28.0 Å². The second-order valence-corrected chi connectivity index (χ2v) is 8.04. The van der Waals surface area contributed by atoms with Crippen LogP contribution in [0.4, 0.5) is 23.3 Å². The molecule has 3 aromatic heterocycles. The number of nitrogens with one attached hydrogen (secondary N) is 2. The minimum atomic E-state index is 0.192. The largest absolute Gasteiger partial charge is 0.412 e. The highest BCUT2D eigenvalue weighted by Crippen LogP contribution is 2.26. The standard InChI is InChI=1S/C21H19ClN10O/c22-17-11-24-21(26-15-2-1-13-12-32(33)30-18(13)9-15)27-20(17)25-14-5-7-31(8-6-14)19-4-3-16(10-23)28-29-19/h1-4,9,11-12,14,33H,5-8H2,(H2,24,25,26,27). The Hall–Kier alpha value is -4.17. The van der Waals surface area contributed by atoms with Crippen molar-refractivity contribution in [3.63, 3.8) is 0 Å². The predicted octanol–water partition coefficient (Wildman–Crippen LogP) is 3.20. The highest BCUT2D eigenvalue weighted by atomic mass is 35.5. The fourth-order valence-corrected chi connectivity index (χ4v) is 3.88. The second kappa shape index (κ2) is 8.76. The van der Waals surface area contributed by atoms with Gasteiger partial charge in [0.2, 0.25) is 5.95 Å². The topological polar surface area (TPSA) is 141 Å². The zero-order valence-electron chi connectivity index (χ0n) is 17.4. The van der Waals surface area contributed by atoms with Crippen molar-refractivity contribution in [1.29, 1.82) is 5.26 Å². The van der Waals surface area contributed by atoms with E-state index in [1.165, 1.54) is 6.20 Å². The van der Waals surface area contributed by atoms with Gasteiger partial charge in [-0.3, -0.25) is 0 Å². The van der Waals surface area contributed by atoms with Crippen molar-refractivity contribution in [3.8, 4) is 6.07 Å². The van der Waals surface area contributed by atoms with Crippen molar-refractivity contribution in [2.24, 2.45) is 0 Å². The molecule has 0 amide bonds. The van der Waals surface area contributed by atoms with E-state index in [1.54, 1.807) is 18.3 Å². The lowest BCUT2D eigenvalue weighted by atomic mass is 10.1. The van der Waals surface area contributed by atoms with E-state index in [1.807, 2.05) is 24.3 Å². The van der Waals surface area contributed by atoms with Crippen LogP contribution in [0.2, 0.25) is 5.02 Å². The number of benzene rings is 1. The molecule has 0 unspecified atom stereocenters. The number of piperidine rings is 1. The molecular formula is C21H19ClN10O. The molecule has 166 valence electrons. The van der Waals surface area contributed by atoms with Crippen molar-refractivity contribution >= 4 is 45.8 Å². The normalized spacial score (nSPS) is 14.2. The number of nitriles is 1. The SMILES string of the molecule is N#Cc1ccc(N2CCC(Nc3nc(Nc4ccc5cn(O)nc5c4)ncc3Cl)CC2)nn1. The molecule has 1 fully saturated rings. The van der Waals surface area contributed by atoms with Crippen molar-refractivity contribution in [2.45, 2.75) is 18.9 Å². The molecule has 1 saturated heterocycles. The number of nitrogens with zero attached hydrogens (tertiary/aromatic N) is 8. The summed E-state index contributed by atoms with van der Waals surface area (Å²) in [6.45, 7) is 1.59. The molecule has 1 aliphatic heterocycles. The number of fused-ring (bicyclic) bond motifs is 1. The first-order valence-electron chi connectivity index (χ1n) is 10.3. The Kier molecular flexibility index (Phi) is 5.50. The summed E-state index contributed by atoms with van der Waals surface area (Å²) in [6.07, 6.45) is 4.82. The molecule has 0 radical (unpaired) electrons. The monoisotopic (exact) mass is 462 g/mol. The first-order valence-corrected chi connectivity index (χ1v) is 10.7. The van der Waals surface area contributed by atoms with E-state index in [-0.39, 0.29) is 6.04 Å². The third kappa shape index (κ3) is 4.56. The summed E-state index contributed by atoms with van der Waals surface area (Å²) < 4.78 is 0. The number of hydrogen-bond acceptors (Lipinski definition) is 10. The molecule has 1 aliphatic rings. The molecule has 1 aromatic carbocycles. The van der Waals surface area contributed by atoms with Crippen LogP contribution in [0, 0.1) is 11.3 Å². The second-order valence-electron chi connectivity index (χ2n) is 7.63. The van der Waals surface area contributed by atoms with Crippen LogP contribution < -0.4 is 15.5 Å². The summed E-state index contributed by atoms with van der Waals surface area (Å²) in [4.78, 5) is 11.7. The van der Waals surface area contributed by atoms with Crippen LogP contribution in [0.5, 0.6) is 0 Å². The number of anilines is 4. The molecule has 4 aromatic rings. The van der Waals surface area contributed by atoms with Crippen molar-refractivity contribution in [2.75, 3.05) is 28.6 Å². The van der Waals surface area contributed by atoms with Crippen molar-refractivity contribution < 1.29 is 5.21 Å². The molecule has 4 heterocycles. The highest BCUT2D eigenvalue weighted by molar-refractivity contribution is 6.32. The summed E-state index contributed by atoms with van der Waals surface area (Å²) in [5, 5.41) is 38.2. The molecule has 0 spiro atoms. The summed E-state index contributed by atoms with van der Waals surface area (Å²) >= 11 is 6.34. The number of rotatable bonds is 5. The first-order chi connectivity index (χ1) is 16.1. The minimum Gasteiger partial charge on any atom is -0.412 e. The molecule has 11 nitrogen and oxygen atoms in total. The lowest BCUT2D eigenvalue weighted by Gasteiger charge is -2.33. The van der Waals surface area contributed by atoms with Crippen molar-refractivity contribution in [3.05, 3.63) is 53.4 Å². The Morgan fingerprint density at radius 2 is 2.00 bits per heavy atom. The zero-order valence-corrected chi connectivity index (χ0v) is 18.1. The Bertz CT molecular complexity index is 1330. The average molecular weight is 463 g/mol. The number of hydrogen-bond donors (Lipinski definition) is 3. The summed E-state index contributed by atoms with van der Waals surface area (Å²) in [5.41, 5.74) is 1.70. The Labute approximate surface area is 193 Å². The Morgan fingerprint density at radius 3 is 2.76 bits per heavy atom. The molecule has 0 aliphatic carbocycles. The minimum absolute atomic E-state index is 0.192. The third-order valence-corrected chi connectivity index (χ3v) is 5.70. The highest BCUT2D eigenvalue weighted by Gasteiger charge is 2.22. The van der Waals surface area contributed by atoms with Crippen LogP contribution in [0.25, 0.3) is 10.9 Å². The summed E-state index contributed by atoms with van der Waals surface area (Å²) in [6, 6.07) is 11.2. The van der Waals surface area contributed by atoms with Gasteiger partial charge in [-0.2, -0.15) is 10.2 Å². The molecule has 0 saturated carbocycles. The van der Waals surface area contributed by atoms with Gasteiger partial charge in [0, 0.05) is 30.2 Å². The number of aromatic nitrogens is 6. The van der Waals surface area contributed by atoms with Crippen LogP contribution in [-0.2, 0) is 0 Å². The Morgan fingerprint density at radius 1 is 1.15 bits per heavy atom. The van der Waals surface area contributed by atoms with Gasteiger partial charge in [-0.1, -0.05) is 11.6 Å². The molecule has 0 atom stereocenters. The van der Waals surface area contributed by atoms with Gasteiger partial charge in [0.25, 0.3) is 0 Å². The van der Waals surface area contributed by atoms with E-state index in [9.17, 15) is 5.21 Å². The lowest BCUT2D eigenvalue weighted by molar-refractivity contribution is 0.151. The van der Waals surface area contributed by atoms with E-state index in [2.05, 4.69) is 40.8 Å². The summed E-state index contributed by atoms with van der Waals surface area (Å²) in [5.74, 6) is 1.73. The summed E-state index contributed by atoms with van der Waals surface area (Å²) in [7, 11) is 0. The lowest BCUT2D eigenvalue weighted by Crippen LogP contribution is -2.39. The van der Waals surface area contributed by atoms with Crippen LogP contribution in [0.3, 0.4) is 0 Å². The quantitative estimate of drug-likeness (QED) is 0.378. The maximum absolute atomic E-state index is 9.48. The first kappa shape index (κ1) is 20.7. The average Bonchev–Trinajstić information content (AvgIpc) is 3.21. The van der Waals surface area contributed by atoms with E-state index < -0.39 is 0 Å². The molecule has 33 heavy (non-hydrogen) atoms. The van der Waals surface area contributed by atoms with Gasteiger partial charge in [-0.05, 0) is 43.2 Å². The molecule has 5 rings (SSSR count). The maximum atomic E-state index is 9.48. The van der Waals surface area contributed by atoms with Gasteiger partial charge in [0.15, 0.2) is 17.3 Å². The van der Waals surface area contributed by atoms with Gasteiger partial charge in [-0.25, -0.2) is 4.98 Å². The fraction of sp³-hybridized carbons (Fsp3) is 0.238. The van der Waals surface area contributed by atoms with E-state index in [4.69, 9.17) is 16.9 Å². The van der Waals surface area contributed by atoms with Crippen LogP contribution in [-0.4, -0.2) is 54.4 Å². The van der Waals surface area contributed by atoms with Gasteiger partial charge in [-0.15, -0.1) is 20.1 Å². The smallest absolute Gasteiger partial charge is 0.229 e. The predicted molar refractivity (Wildman–Crippen MR) is 123 cm³/mol. The van der Waals surface area contributed by atoms with E-state index in [0.717, 1.165) is 47.7 Å². The number of halogens is 1.